The number of allylic oxidation sites excluding steroid dienone is 5. The Morgan fingerprint density at radius 3 is 2.07 bits per heavy atom. The maximum Gasteiger partial charge on any atom is 0.104 e. The van der Waals surface area contributed by atoms with Crippen LogP contribution >= 0.6 is 15.9 Å². The van der Waals surface area contributed by atoms with E-state index in [0.29, 0.717) is 13.1 Å². The molecule has 0 aromatic heterocycles. The van der Waals surface area contributed by atoms with E-state index in [2.05, 4.69) is 35.7 Å². The first-order chi connectivity index (χ1) is 12.8. The summed E-state index contributed by atoms with van der Waals surface area (Å²) >= 11 is 3.36. The van der Waals surface area contributed by atoms with E-state index in [9.17, 15) is 5.11 Å². The molecule has 1 unspecified atom stereocenters. The molecule has 0 saturated carbocycles. The Morgan fingerprint density at radius 1 is 1.22 bits per heavy atom. The first kappa shape index (κ1) is 30.5. The highest BCUT2D eigenvalue weighted by atomic mass is 79.9. The predicted molar refractivity (Wildman–Crippen MR) is 126 cm³/mol. The third kappa shape index (κ3) is 15.5. The van der Waals surface area contributed by atoms with Crippen molar-refractivity contribution in [1.29, 1.82) is 0 Å². The van der Waals surface area contributed by atoms with Crippen LogP contribution in [0.3, 0.4) is 0 Å². The molecular formula is C23H40BrNO2. The van der Waals surface area contributed by atoms with E-state index in [1.165, 1.54) is 0 Å². The highest BCUT2D eigenvalue weighted by molar-refractivity contribution is 9.11. The summed E-state index contributed by atoms with van der Waals surface area (Å²) in [5.41, 5.74) is 2.59. The molecule has 0 bridgehead atoms. The fourth-order valence-electron chi connectivity index (χ4n) is 2.16. The molecule has 0 aliphatic rings. The van der Waals surface area contributed by atoms with Crippen molar-refractivity contribution in [3.8, 4) is 0 Å². The monoisotopic (exact) mass is 441 g/mol. The molecule has 4 heteroatoms. The highest BCUT2D eigenvalue weighted by Crippen LogP contribution is 2.24. The number of halogens is 1. The molecule has 156 valence electrons. The SMILES string of the molecule is C=C/C(=C\C)C(O)C(=C/CC)/C(=C\C(=C)Br)CN(C)CCO.C=CC.CC. The molecule has 0 saturated heterocycles. The lowest BCUT2D eigenvalue weighted by Crippen LogP contribution is -2.27. The molecule has 0 heterocycles. The van der Waals surface area contributed by atoms with Gasteiger partial charge in [0.2, 0.25) is 0 Å². The van der Waals surface area contributed by atoms with Gasteiger partial charge in [-0.25, -0.2) is 0 Å². The Morgan fingerprint density at radius 2 is 1.74 bits per heavy atom. The molecular weight excluding hydrogens is 402 g/mol. The van der Waals surface area contributed by atoms with Gasteiger partial charge in [-0.05, 0) is 50.1 Å². The fourth-order valence-corrected chi connectivity index (χ4v) is 2.43. The van der Waals surface area contributed by atoms with Gasteiger partial charge in [0.15, 0.2) is 0 Å². The van der Waals surface area contributed by atoms with Gasteiger partial charge in [0, 0.05) is 17.6 Å². The molecule has 1 atom stereocenters. The molecule has 27 heavy (non-hydrogen) atoms. The Labute approximate surface area is 176 Å². The molecule has 3 nitrogen and oxygen atoms in total. The van der Waals surface area contributed by atoms with E-state index in [0.717, 1.165) is 27.6 Å². The van der Waals surface area contributed by atoms with Crippen LogP contribution in [0.2, 0.25) is 0 Å². The van der Waals surface area contributed by atoms with E-state index >= 15 is 0 Å². The van der Waals surface area contributed by atoms with Crippen LogP contribution in [0, 0.1) is 0 Å². The lowest BCUT2D eigenvalue weighted by atomic mass is 9.93. The van der Waals surface area contributed by atoms with E-state index in [1.807, 2.05) is 64.8 Å². The molecule has 0 rings (SSSR count). The Hall–Kier alpha value is -1.20. The Balaban J connectivity index is -0.00000104. The number of nitrogens with zero attached hydrogens (tertiary/aromatic N) is 1. The Kier molecular flexibility index (Phi) is 23.9. The van der Waals surface area contributed by atoms with Gasteiger partial charge in [-0.15, -0.1) is 6.58 Å². The summed E-state index contributed by atoms with van der Waals surface area (Å²) in [4.78, 5) is 2.00. The second kappa shape index (κ2) is 21.1. The van der Waals surface area contributed by atoms with Gasteiger partial charge in [0.25, 0.3) is 0 Å². The van der Waals surface area contributed by atoms with Crippen LogP contribution in [0.25, 0.3) is 0 Å². The summed E-state index contributed by atoms with van der Waals surface area (Å²) in [6.45, 7) is 22.1. The van der Waals surface area contributed by atoms with Crippen molar-refractivity contribution in [3.63, 3.8) is 0 Å². The van der Waals surface area contributed by atoms with Gasteiger partial charge in [-0.2, -0.15) is 0 Å². The summed E-state index contributed by atoms with van der Waals surface area (Å²) in [7, 11) is 1.93. The van der Waals surface area contributed by atoms with Gasteiger partial charge < -0.3 is 10.2 Å². The van der Waals surface area contributed by atoms with Gasteiger partial charge in [0.05, 0.1) is 6.61 Å². The summed E-state index contributed by atoms with van der Waals surface area (Å²) in [6.07, 6.45) is 9.31. The van der Waals surface area contributed by atoms with Crippen LogP contribution in [0.1, 0.15) is 41.0 Å². The fraction of sp³-hybridized carbons (Fsp3) is 0.478. The third-order valence-electron chi connectivity index (χ3n) is 3.23. The minimum absolute atomic E-state index is 0.0984. The van der Waals surface area contributed by atoms with E-state index in [4.69, 9.17) is 5.11 Å². The minimum Gasteiger partial charge on any atom is -0.395 e. The van der Waals surface area contributed by atoms with E-state index in [1.54, 1.807) is 12.2 Å². The lowest BCUT2D eigenvalue weighted by molar-refractivity contribution is 0.226. The Bertz CT molecular complexity index is 505. The molecule has 0 spiro atoms. The van der Waals surface area contributed by atoms with Crippen molar-refractivity contribution >= 4 is 15.9 Å². The van der Waals surface area contributed by atoms with Crippen LogP contribution in [0.4, 0.5) is 0 Å². The number of aliphatic hydroxyl groups is 2. The second-order valence-electron chi connectivity index (χ2n) is 5.45. The van der Waals surface area contributed by atoms with E-state index < -0.39 is 6.10 Å². The van der Waals surface area contributed by atoms with Crippen molar-refractivity contribution in [2.24, 2.45) is 0 Å². The smallest absolute Gasteiger partial charge is 0.104 e. The van der Waals surface area contributed by atoms with Crippen LogP contribution in [-0.2, 0) is 0 Å². The predicted octanol–water partition coefficient (Wildman–Crippen LogP) is 5.79. The van der Waals surface area contributed by atoms with Gasteiger partial charge in [-0.1, -0.05) is 74.2 Å². The van der Waals surface area contributed by atoms with Crippen LogP contribution in [-0.4, -0.2) is 48.0 Å². The standard InChI is InChI=1S/C18H28BrNO2.C3H6.C2H6/c1-6-9-17(18(22)15(7-2)8-3)16(12-14(4)19)13-20(5)10-11-21;1-3-2;1-2/h7-9,12,18,21-22H,2,4,6,10-11,13H2,1,3,5H3;3H,1H2,2H3;1-2H3/b15-8+,16-12-,17-9+;;. The molecule has 0 fully saturated rings. The molecule has 0 aliphatic carbocycles. The van der Waals surface area contributed by atoms with Gasteiger partial charge in [0.1, 0.15) is 6.10 Å². The molecule has 2 N–H and O–H groups in total. The number of hydrogen-bond donors (Lipinski definition) is 2. The number of rotatable bonds is 10. The third-order valence-corrected chi connectivity index (χ3v) is 3.46. The summed E-state index contributed by atoms with van der Waals surface area (Å²) < 4.78 is 0.745. The zero-order chi connectivity index (χ0) is 21.8. The molecule has 0 aliphatic heterocycles. The van der Waals surface area contributed by atoms with Crippen molar-refractivity contribution < 1.29 is 10.2 Å². The number of aliphatic hydroxyl groups excluding tert-OH is 2. The summed E-state index contributed by atoms with van der Waals surface area (Å²) in [6, 6.07) is 0. The molecule has 0 aromatic carbocycles. The molecule has 0 amide bonds. The zero-order valence-corrected chi connectivity index (χ0v) is 19.7. The minimum atomic E-state index is -0.719. The van der Waals surface area contributed by atoms with Crippen molar-refractivity contribution in [2.75, 3.05) is 26.7 Å². The lowest BCUT2D eigenvalue weighted by Gasteiger charge is -2.24. The van der Waals surface area contributed by atoms with Crippen molar-refractivity contribution in [3.05, 3.63) is 71.3 Å². The average molecular weight is 442 g/mol. The van der Waals surface area contributed by atoms with Crippen LogP contribution in [0.15, 0.2) is 71.3 Å². The largest absolute Gasteiger partial charge is 0.395 e. The van der Waals surface area contributed by atoms with Crippen molar-refractivity contribution in [1.82, 2.24) is 4.90 Å². The first-order valence-corrected chi connectivity index (χ1v) is 10.2. The van der Waals surface area contributed by atoms with E-state index in [-0.39, 0.29) is 6.61 Å². The number of likely N-dealkylation sites (N-methyl/N-ethyl adjacent to an activating group) is 1. The second-order valence-corrected chi connectivity index (χ2v) is 6.47. The first-order valence-electron chi connectivity index (χ1n) is 9.41. The zero-order valence-electron chi connectivity index (χ0n) is 18.1. The maximum absolute atomic E-state index is 10.7. The number of hydrogen-bond acceptors (Lipinski definition) is 3. The van der Waals surface area contributed by atoms with Gasteiger partial charge >= 0.3 is 0 Å². The average Bonchev–Trinajstić information content (AvgIpc) is 2.62. The van der Waals surface area contributed by atoms with Crippen LogP contribution < -0.4 is 0 Å². The quantitative estimate of drug-likeness (QED) is 0.332. The topological polar surface area (TPSA) is 43.7 Å². The van der Waals surface area contributed by atoms with Gasteiger partial charge in [-0.3, -0.25) is 4.90 Å². The van der Waals surface area contributed by atoms with Crippen LogP contribution in [0.5, 0.6) is 0 Å². The highest BCUT2D eigenvalue weighted by Gasteiger charge is 2.18. The maximum atomic E-state index is 10.7. The molecule has 0 radical (unpaired) electrons. The van der Waals surface area contributed by atoms with Crippen molar-refractivity contribution in [2.45, 2.75) is 47.1 Å². The molecule has 0 aromatic rings. The normalized spacial score (nSPS) is 13.0. The summed E-state index contributed by atoms with van der Waals surface area (Å²) in [5.74, 6) is 0. The summed E-state index contributed by atoms with van der Waals surface area (Å²) in [5, 5.41) is 19.7.